The Hall–Kier alpha value is -1.07. The van der Waals surface area contributed by atoms with Crippen LogP contribution >= 0.6 is 0 Å². The molecule has 0 heterocycles. The Morgan fingerprint density at radius 1 is 1.26 bits per heavy atom. The molecule has 5 N–H and O–H groups in total. The second kappa shape index (κ2) is 8.95. The molecule has 2 saturated carbocycles. The van der Waals surface area contributed by atoms with Gasteiger partial charge in [-0.25, -0.2) is 0 Å². The van der Waals surface area contributed by atoms with E-state index >= 15 is 0 Å². The lowest BCUT2D eigenvalue weighted by Gasteiger charge is -2.37. The third kappa shape index (κ3) is 5.47. The number of rotatable bonds is 7. The van der Waals surface area contributed by atoms with Crippen molar-refractivity contribution in [3.63, 3.8) is 0 Å². The van der Waals surface area contributed by atoms with E-state index in [0.29, 0.717) is 30.8 Å². The topological polar surface area (TPSA) is 90.9 Å². The lowest BCUT2D eigenvalue weighted by Crippen LogP contribution is -2.44. The van der Waals surface area contributed by atoms with E-state index < -0.39 is 11.2 Å². The van der Waals surface area contributed by atoms with Crippen molar-refractivity contribution in [3.05, 3.63) is 12.2 Å². The number of guanidine groups is 1. The van der Waals surface area contributed by atoms with Crippen molar-refractivity contribution in [1.82, 2.24) is 5.32 Å². The first kappa shape index (κ1) is 22.2. The van der Waals surface area contributed by atoms with E-state index in [2.05, 4.69) is 30.7 Å². The highest BCUT2D eigenvalue weighted by molar-refractivity contribution is 5.77. The Kier molecular flexibility index (Phi) is 7.37. The summed E-state index contributed by atoms with van der Waals surface area (Å²) >= 11 is 0. The van der Waals surface area contributed by atoms with Crippen molar-refractivity contribution >= 4 is 5.96 Å². The van der Waals surface area contributed by atoms with Gasteiger partial charge in [0.15, 0.2) is 5.96 Å². The van der Waals surface area contributed by atoms with Crippen LogP contribution in [-0.2, 0) is 0 Å². The SMILES string of the molecule is C=C(CCC(C)C)C1CCC(C)(O)C2CCC(O)(CCNC(N)=NC)C2C1. The van der Waals surface area contributed by atoms with E-state index in [-0.39, 0.29) is 11.8 Å². The van der Waals surface area contributed by atoms with Crippen molar-refractivity contribution in [2.45, 2.75) is 83.3 Å². The molecule has 0 aromatic carbocycles. The van der Waals surface area contributed by atoms with E-state index in [4.69, 9.17) is 5.73 Å². The Balaban J connectivity index is 2.11. The molecule has 0 bridgehead atoms. The van der Waals surface area contributed by atoms with Crippen LogP contribution in [0.1, 0.15) is 72.1 Å². The van der Waals surface area contributed by atoms with Crippen LogP contribution in [0.15, 0.2) is 17.1 Å². The van der Waals surface area contributed by atoms with Gasteiger partial charge in [-0.3, -0.25) is 4.99 Å². The summed E-state index contributed by atoms with van der Waals surface area (Å²) in [6, 6.07) is 0. The van der Waals surface area contributed by atoms with Crippen LogP contribution in [0.2, 0.25) is 0 Å². The summed E-state index contributed by atoms with van der Waals surface area (Å²) < 4.78 is 0. The highest BCUT2D eigenvalue weighted by Gasteiger charge is 2.54. The second-order valence-electron chi connectivity index (χ2n) is 9.56. The number of hydrogen-bond donors (Lipinski definition) is 4. The molecule has 0 aromatic rings. The van der Waals surface area contributed by atoms with Crippen molar-refractivity contribution in [1.29, 1.82) is 0 Å². The summed E-state index contributed by atoms with van der Waals surface area (Å²) in [4.78, 5) is 3.91. The second-order valence-corrected chi connectivity index (χ2v) is 9.56. The van der Waals surface area contributed by atoms with Crippen molar-refractivity contribution in [2.24, 2.45) is 34.4 Å². The van der Waals surface area contributed by atoms with Crippen LogP contribution in [-0.4, -0.2) is 41.0 Å². The molecule has 5 atom stereocenters. The molecule has 0 amide bonds. The molecule has 156 valence electrons. The summed E-state index contributed by atoms with van der Waals surface area (Å²) in [7, 11) is 1.65. The molecule has 0 aliphatic heterocycles. The molecule has 0 radical (unpaired) electrons. The maximum atomic E-state index is 11.5. The molecule has 5 nitrogen and oxygen atoms in total. The molecule has 0 saturated heterocycles. The Labute approximate surface area is 165 Å². The molecule has 5 heteroatoms. The van der Waals surface area contributed by atoms with Gasteiger partial charge in [0.1, 0.15) is 0 Å². The summed E-state index contributed by atoms with van der Waals surface area (Å²) in [5.41, 5.74) is 5.56. The first-order valence-electron chi connectivity index (χ1n) is 10.7. The van der Waals surface area contributed by atoms with Gasteiger partial charge in [0, 0.05) is 13.6 Å². The maximum absolute atomic E-state index is 11.5. The lowest BCUT2D eigenvalue weighted by molar-refractivity contribution is -0.0642. The molecular formula is C22H41N3O2. The monoisotopic (exact) mass is 379 g/mol. The number of fused-ring (bicyclic) bond motifs is 1. The van der Waals surface area contributed by atoms with Crippen LogP contribution < -0.4 is 11.1 Å². The third-order valence-electron chi connectivity index (χ3n) is 7.13. The van der Waals surface area contributed by atoms with Crippen LogP contribution in [0.3, 0.4) is 0 Å². The van der Waals surface area contributed by atoms with Crippen LogP contribution in [0.5, 0.6) is 0 Å². The van der Waals surface area contributed by atoms with Crippen LogP contribution in [0.4, 0.5) is 0 Å². The fraction of sp³-hybridized carbons (Fsp3) is 0.864. The van der Waals surface area contributed by atoms with Crippen molar-refractivity contribution in [3.8, 4) is 0 Å². The van der Waals surface area contributed by atoms with E-state index in [1.54, 1.807) is 7.05 Å². The van der Waals surface area contributed by atoms with Gasteiger partial charge in [-0.05, 0) is 82.0 Å². The lowest BCUT2D eigenvalue weighted by atomic mass is 9.74. The van der Waals surface area contributed by atoms with Crippen LogP contribution in [0, 0.1) is 23.7 Å². The molecule has 2 aliphatic rings. The minimum atomic E-state index is -0.753. The smallest absolute Gasteiger partial charge is 0.188 e. The Morgan fingerprint density at radius 2 is 1.96 bits per heavy atom. The molecule has 2 fully saturated rings. The molecule has 2 rings (SSSR count). The van der Waals surface area contributed by atoms with Gasteiger partial charge in [-0.1, -0.05) is 26.0 Å². The molecule has 5 unspecified atom stereocenters. The molecule has 0 aromatic heterocycles. The minimum absolute atomic E-state index is 0.109. The molecule has 0 spiro atoms. The van der Waals surface area contributed by atoms with Crippen molar-refractivity contribution < 1.29 is 10.2 Å². The Morgan fingerprint density at radius 3 is 2.59 bits per heavy atom. The Bertz CT molecular complexity index is 544. The number of aliphatic hydroxyl groups is 2. The van der Waals surface area contributed by atoms with E-state index in [1.165, 1.54) is 5.57 Å². The normalized spacial score (nSPS) is 37.1. The summed E-state index contributed by atoms with van der Waals surface area (Å²) in [6.07, 6.45) is 7.17. The highest BCUT2D eigenvalue weighted by atomic mass is 16.3. The number of aliphatic imine (C=N–C) groups is 1. The number of allylic oxidation sites excluding steroid dienone is 1. The average Bonchev–Trinajstić information content (AvgIpc) is 2.85. The van der Waals surface area contributed by atoms with Gasteiger partial charge in [-0.2, -0.15) is 0 Å². The van der Waals surface area contributed by atoms with Gasteiger partial charge in [0.05, 0.1) is 11.2 Å². The zero-order chi connectivity index (χ0) is 20.2. The van der Waals surface area contributed by atoms with E-state index in [9.17, 15) is 10.2 Å². The first-order valence-corrected chi connectivity index (χ1v) is 10.7. The fourth-order valence-electron chi connectivity index (χ4n) is 5.22. The first-order chi connectivity index (χ1) is 12.6. The number of nitrogens with one attached hydrogen (secondary N) is 1. The van der Waals surface area contributed by atoms with Gasteiger partial charge in [0.2, 0.25) is 0 Å². The van der Waals surface area contributed by atoms with Gasteiger partial charge < -0.3 is 21.3 Å². The van der Waals surface area contributed by atoms with E-state index in [1.807, 2.05) is 6.92 Å². The van der Waals surface area contributed by atoms with Crippen LogP contribution in [0.25, 0.3) is 0 Å². The number of nitrogens with two attached hydrogens (primary N) is 1. The average molecular weight is 380 g/mol. The van der Waals surface area contributed by atoms with Gasteiger partial charge in [-0.15, -0.1) is 0 Å². The predicted molar refractivity (Wildman–Crippen MR) is 113 cm³/mol. The van der Waals surface area contributed by atoms with Gasteiger partial charge >= 0.3 is 0 Å². The number of nitrogens with zero attached hydrogens (tertiary/aromatic N) is 1. The minimum Gasteiger partial charge on any atom is -0.390 e. The predicted octanol–water partition coefficient (Wildman–Crippen LogP) is 3.21. The molecule has 27 heavy (non-hydrogen) atoms. The zero-order valence-corrected chi connectivity index (χ0v) is 17.8. The summed E-state index contributed by atoms with van der Waals surface area (Å²) in [6.45, 7) is 11.4. The largest absolute Gasteiger partial charge is 0.390 e. The highest BCUT2D eigenvalue weighted by Crippen LogP contribution is 2.54. The van der Waals surface area contributed by atoms with Crippen molar-refractivity contribution in [2.75, 3.05) is 13.6 Å². The zero-order valence-electron chi connectivity index (χ0n) is 17.8. The fourth-order valence-corrected chi connectivity index (χ4v) is 5.22. The molecular weight excluding hydrogens is 338 g/mol. The third-order valence-corrected chi connectivity index (χ3v) is 7.13. The quantitative estimate of drug-likeness (QED) is 0.310. The number of hydrogen-bond acceptors (Lipinski definition) is 3. The standard InChI is InChI=1S/C22H41N3O2/c1-15(2)6-7-16(3)17-8-10-21(4,26)18-9-11-22(27,19(18)14-17)12-13-25-20(23)24-5/h15,17-19,26-27H,3,6-14H2,1-2,4-5H3,(H3,23,24,25). The van der Waals surface area contributed by atoms with E-state index in [0.717, 1.165) is 44.9 Å². The molecule has 2 aliphatic carbocycles. The summed E-state index contributed by atoms with van der Waals surface area (Å²) in [5, 5.41) is 25.7. The van der Waals surface area contributed by atoms with Gasteiger partial charge in [0.25, 0.3) is 0 Å². The summed E-state index contributed by atoms with van der Waals surface area (Å²) in [5.74, 6) is 1.73. The maximum Gasteiger partial charge on any atom is 0.188 e.